The van der Waals surface area contributed by atoms with Crippen molar-refractivity contribution in [2.24, 2.45) is 0 Å². The van der Waals surface area contributed by atoms with E-state index in [1.54, 1.807) is 0 Å². The molecule has 0 aliphatic carbocycles. The van der Waals surface area contributed by atoms with Crippen LogP contribution in [0.2, 0.25) is 13.1 Å². The Morgan fingerprint density at radius 2 is 1.83 bits per heavy atom. The molecule has 0 aromatic rings. The zero-order chi connectivity index (χ0) is 5.21. The summed E-state index contributed by atoms with van der Waals surface area (Å²) in [7, 11) is 1.42. The first-order valence-electron chi connectivity index (χ1n) is 1.68. The topological polar surface area (TPSA) is 9.23 Å². The van der Waals surface area contributed by atoms with E-state index in [4.69, 9.17) is 11.1 Å². The fourth-order valence-electron chi connectivity index (χ4n) is 0. The summed E-state index contributed by atoms with van der Waals surface area (Å²) in [6, 6.07) is 0. The molecule has 0 rings (SSSR count). The smallest absolute Gasteiger partial charge is 0.231 e. The van der Waals surface area contributed by atoms with E-state index >= 15 is 0 Å². The molecular weight excluding hydrogens is 116 g/mol. The molecule has 0 aromatic heterocycles. The van der Waals surface area contributed by atoms with E-state index in [2.05, 4.69) is 11.5 Å². The minimum atomic E-state index is -1.77. The molecule has 0 bridgehead atoms. The molecule has 0 aliphatic rings. The van der Waals surface area contributed by atoms with Crippen LogP contribution in [0.1, 0.15) is 0 Å². The highest BCUT2D eigenvalue weighted by Gasteiger charge is 2.20. The van der Waals surface area contributed by atoms with Gasteiger partial charge in [0.05, 0.1) is 0 Å². The summed E-state index contributed by atoms with van der Waals surface area (Å²) < 4.78 is 4.59. The summed E-state index contributed by atoms with van der Waals surface area (Å²) in [4.78, 5) is 0. The van der Waals surface area contributed by atoms with Gasteiger partial charge in [0.15, 0.2) is 7.11 Å². The van der Waals surface area contributed by atoms with Crippen molar-refractivity contribution in [3.05, 3.63) is 7.11 Å². The lowest BCUT2D eigenvalue weighted by molar-refractivity contribution is 0.484. The fourth-order valence-corrected chi connectivity index (χ4v) is 0. The van der Waals surface area contributed by atoms with Crippen molar-refractivity contribution in [3.8, 4) is 0 Å². The molecule has 0 radical (unpaired) electrons. The summed E-state index contributed by atoms with van der Waals surface area (Å²) in [5.74, 6) is 0. The Balaban J connectivity index is 3.17. The monoisotopic (exact) mass is 123 g/mol. The van der Waals surface area contributed by atoms with Crippen LogP contribution in [-0.4, -0.2) is 7.63 Å². The second-order valence-electron chi connectivity index (χ2n) is 1.51. The predicted molar refractivity (Wildman–Crippen MR) is 29.8 cm³/mol. The van der Waals surface area contributed by atoms with Crippen LogP contribution < -0.4 is 0 Å². The molecule has 0 aromatic carbocycles. The lowest BCUT2D eigenvalue weighted by Crippen LogP contribution is -2.17. The predicted octanol–water partition coefficient (Wildman–Crippen LogP) is 1.74. The summed E-state index contributed by atoms with van der Waals surface area (Å²) in [6.07, 6.45) is 0. The minimum Gasteiger partial charge on any atom is -0.231 e. The van der Waals surface area contributed by atoms with Gasteiger partial charge in [0.1, 0.15) is 0 Å². The SMILES string of the molecule is [CH2+]O[Si](C)(C)Cl. The van der Waals surface area contributed by atoms with E-state index in [1.165, 1.54) is 0 Å². The molecule has 3 heteroatoms. The van der Waals surface area contributed by atoms with Crippen molar-refractivity contribution in [1.82, 2.24) is 0 Å². The van der Waals surface area contributed by atoms with Gasteiger partial charge in [0.2, 0.25) is 0 Å². The molecule has 1 nitrogen and oxygen atoms in total. The zero-order valence-electron chi connectivity index (χ0n) is 3.99. The van der Waals surface area contributed by atoms with E-state index in [0.717, 1.165) is 0 Å². The van der Waals surface area contributed by atoms with Crippen molar-refractivity contribution in [2.75, 3.05) is 0 Å². The van der Waals surface area contributed by atoms with Gasteiger partial charge in [-0.15, -0.1) is 11.1 Å². The third kappa shape index (κ3) is 4.34. The summed E-state index contributed by atoms with van der Waals surface area (Å²) >= 11 is 5.57. The van der Waals surface area contributed by atoms with E-state index in [9.17, 15) is 0 Å². The average Bonchev–Trinajstić information content (AvgIpc) is 1.35. The largest absolute Gasteiger partial charge is 0.347 e. The molecule has 0 N–H and O–H groups in total. The number of rotatable bonds is 1. The normalized spacial score (nSPS) is 11.8. The average molecular weight is 124 g/mol. The Bertz CT molecular complexity index is 40.5. The Labute approximate surface area is 44.1 Å². The van der Waals surface area contributed by atoms with Crippen molar-refractivity contribution in [1.29, 1.82) is 0 Å². The van der Waals surface area contributed by atoms with E-state index in [0.29, 0.717) is 0 Å². The first kappa shape index (κ1) is 6.34. The maximum absolute atomic E-state index is 5.57. The lowest BCUT2D eigenvalue weighted by Gasteiger charge is -1.98. The van der Waals surface area contributed by atoms with Gasteiger partial charge >= 0.3 is 7.63 Å². The molecule has 0 amide bonds. The van der Waals surface area contributed by atoms with Crippen LogP contribution in [0.3, 0.4) is 0 Å². The van der Waals surface area contributed by atoms with Crippen LogP contribution in [0, 0.1) is 7.11 Å². The third-order valence-electron chi connectivity index (χ3n) is 0.343. The maximum Gasteiger partial charge on any atom is 0.347 e. The Hall–Kier alpha value is 0.337. The van der Waals surface area contributed by atoms with E-state index in [1.807, 2.05) is 13.1 Å². The molecule has 0 saturated heterocycles. The molecule has 0 unspecified atom stereocenters. The van der Waals surface area contributed by atoms with E-state index < -0.39 is 7.63 Å². The van der Waals surface area contributed by atoms with Crippen LogP contribution in [0.15, 0.2) is 0 Å². The van der Waals surface area contributed by atoms with Gasteiger partial charge in [-0.3, -0.25) is 0 Å². The van der Waals surface area contributed by atoms with Gasteiger partial charge in [-0.25, -0.2) is 4.43 Å². The molecule has 36 valence electrons. The van der Waals surface area contributed by atoms with Crippen LogP contribution >= 0.6 is 11.1 Å². The first-order valence-corrected chi connectivity index (χ1v) is 5.60. The second-order valence-corrected chi connectivity index (χ2v) is 7.25. The summed E-state index contributed by atoms with van der Waals surface area (Å²) in [5, 5.41) is 0. The standard InChI is InChI=1S/C3H8ClOSi/c1-5-6(2,3)4/h1H2,2-3H3/q+1. The van der Waals surface area contributed by atoms with Crippen LogP contribution in [0.25, 0.3) is 0 Å². The maximum atomic E-state index is 5.57. The second kappa shape index (κ2) is 1.86. The van der Waals surface area contributed by atoms with Crippen molar-refractivity contribution < 1.29 is 4.43 Å². The van der Waals surface area contributed by atoms with Gasteiger partial charge in [-0.1, -0.05) is 0 Å². The number of halogens is 1. The van der Waals surface area contributed by atoms with Gasteiger partial charge in [0.25, 0.3) is 0 Å². The highest BCUT2D eigenvalue weighted by Crippen LogP contribution is 2.06. The van der Waals surface area contributed by atoms with Gasteiger partial charge in [-0.05, 0) is 13.1 Å². The molecule has 0 spiro atoms. The first-order chi connectivity index (χ1) is 2.56. The van der Waals surface area contributed by atoms with Crippen LogP contribution in [0.5, 0.6) is 0 Å². The summed E-state index contributed by atoms with van der Waals surface area (Å²) in [5.41, 5.74) is 0. The number of hydrogen-bond acceptors (Lipinski definition) is 1. The van der Waals surface area contributed by atoms with Crippen molar-refractivity contribution in [3.63, 3.8) is 0 Å². The highest BCUT2D eigenvalue weighted by molar-refractivity contribution is 7.15. The Morgan fingerprint density at radius 1 is 1.67 bits per heavy atom. The zero-order valence-corrected chi connectivity index (χ0v) is 5.75. The Kier molecular flexibility index (Phi) is 1.97. The molecule has 0 atom stereocenters. The Morgan fingerprint density at radius 3 is 1.83 bits per heavy atom. The highest BCUT2D eigenvalue weighted by atomic mass is 35.6. The van der Waals surface area contributed by atoms with Gasteiger partial charge in [-0.2, -0.15) is 0 Å². The molecule has 0 aliphatic heterocycles. The van der Waals surface area contributed by atoms with Gasteiger partial charge in [0, 0.05) is 0 Å². The molecule has 6 heavy (non-hydrogen) atoms. The van der Waals surface area contributed by atoms with E-state index in [-0.39, 0.29) is 0 Å². The third-order valence-corrected chi connectivity index (χ3v) is 1.36. The minimum absolute atomic E-state index is 1.77. The molecule has 0 saturated carbocycles. The molecule has 0 fully saturated rings. The van der Waals surface area contributed by atoms with Crippen LogP contribution in [0.4, 0.5) is 0 Å². The van der Waals surface area contributed by atoms with Crippen molar-refractivity contribution in [2.45, 2.75) is 13.1 Å². The lowest BCUT2D eigenvalue weighted by atomic mass is 11.8. The van der Waals surface area contributed by atoms with Gasteiger partial charge < -0.3 is 0 Å². The number of hydrogen-bond donors (Lipinski definition) is 0. The summed E-state index contributed by atoms with van der Waals surface area (Å²) in [6.45, 7) is 3.73. The molecule has 0 heterocycles. The van der Waals surface area contributed by atoms with Crippen molar-refractivity contribution >= 4 is 18.7 Å². The fraction of sp³-hybridized carbons (Fsp3) is 0.667. The van der Waals surface area contributed by atoms with Crippen LogP contribution in [-0.2, 0) is 4.43 Å². The molecular formula is C3H8ClOSi+. The quantitative estimate of drug-likeness (QED) is 0.293.